The Balaban J connectivity index is 3.13. The van der Waals surface area contributed by atoms with Gasteiger partial charge in [0.05, 0.1) is 18.7 Å². The van der Waals surface area contributed by atoms with E-state index in [0.29, 0.717) is 16.3 Å². The van der Waals surface area contributed by atoms with Crippen molar-refractivity contribution in [2.24, 2.45) is 0 Å². The van der Waals surface area contributed by atoms with E-state index in [1.165, 1.54) is 12.0 Å². The Kier molecular flexibility index (Phi) is 4.99. The standard InChI is InChI=1S/C13H15ClN2O2/c1-9(2)16(7-6-15)13(17)11-5-4-10(14)8-12(11)18-3/h4-5,8-9H,7H2,1-3H3. The zero-order valence-electron chi connectivity index (χ0n) is 10.6. The van der Waals surface area contributed by atoms with Gasteiger partial charge in [-0.05, 0) is 32.0 Å². The van der Waals surface area contributed by atoms with Gasteiger partial charge in [-0.15, -0.1) is 0 Å². The van der Waals surface area contributed by atoms with Crippen LogP contribution in [0.1, 0.15) is 24.2 Å². The molecule has 5 heteroatoms. The Morgan fingerprint density at radius 1 is 1.56 bits per heavy atom. The lowest BCUT2D eigenvalue weighted by Crippen LogP contribution is -2.37. The second kappa shape index (κ2) is 6.27. The minimum atomic E-state index is -0.236. The fourth-order valence-electron chi connectivity index (χ4n) is 1.56. The molecular formula is C13H15ClN2O2. The zero-order valence-corrected chi connectivity index (χ0v) is 11.4. The predicted octanol–water partition coefficient (Wildman–Crippen LogP) is 2.72. The summed E-state index contributed by atoms with van der Waals surface area (Å²) in [4.78, 5) is 13.8. The van der Waals surface area contributed by atoms with Gasteiger partial charge in [0.15, 0.2) is 0 Å². The van der Waals surface area contributed by atoms with Gasteiger partial charge in [0, 0.05) is 11.1 Å². The number of carbonyl (C=O) groups excluding carboxylic acids is 1. The fourth-order valence-corrected chi connectivity index (χ4v) is 1.72. The Bertz CT molecular complexity index is 480. The van der Waals surface area contributed by atoms with E-state index in [9.17, 15) is 4.79 Å². The van der Waals surface area contributed by atoms with Gasteiger partial charge in [-0.1, -0.05) is 11.6 Å². The predicted molar refractivity (Wildman–Crippen MR) is 69.8 cm³/mol. The Morgan fingerprint density at radius 3 is 2.72 bits per heavy atom. The first-order valence-electron chi connectivity index (χ1n) is 5.52. The van der Waals surface area contributed by atoms with E-state index < -0.39 is 0 Å². The van der Waals surface area contributed by atoms with Crippen molar-refractivity contribution in [1.29, 1.82) is 5.26 Å². The zero-order chi connectivity index (χ0) is 13.7. The van der Waals surface area contributed by atoms with Crippen molar-refractivity contribution in [3.8, 4) is 11.8 Å². The Labute approximate surface area is 112 Å². The maximum atomic E-state index is 12.3. The summed E-state index contributed by atoms with van der Waals surface area (Å²) in [7, 11) is 1.48. The lowest BCUT2D eigenvalue weighted by atomic mass is 10.1. The lowest BCUT2D eigenvalue weighted by molar-refractivity contribution is 0.0728. The van der Waals surface area contributed by atoms with Gasteiger partial charge in [0.25, 0.3) is 5.91 Å². The van der Waals surface area contributed by atoms with Crippen LogP contribution in [0.4, 0.5) is 0 Å². The van der Waals surface area contributed by atoms with Gasteiger partial charge in [0.2, 0.25) is 0 Å². The van der Waals surface area contributed by atoms with Crippen LogP contribution in [0, 0.1) is 11.3 Å². The van der Waals surface area contributed by atoms with Crippen LogP contribution in [0.25, 0.3) is 0 Å². The van der Waals surface area contributed by atoms with Gasteiger partial charge in [0.1, 0.15) is 12.3 Å². The van der Waals surface area contributed by atoms with Crippen molar-refractivity contribution in [3.05, 3.63) is 28.8 Å². The van der Waals surface area contributed by atoms with Crippen LogP contribution in [0.3, 0.4) is 0 Å². The molecule has 0 saturated heterocycles. The van der Waals surface area contributed by atoms with Gasteiger partial charge >= 0.3 is 0 Å². The van der Waals surface area contributed by atoms with Crippen LogP contribution >= 0.6 is 11.6 Å². The van der Waals surface area contributed by atoms with Gasteiger partial charge in [-0.2, -0.15) is 5.26 Å². The molecule has 0 heterocycles. The van der Waals surface area contributed by atoms with E-state index in [4.69, 9.17) is 21.6 Å². The highest BCUT2D eigenvalue weighted by molar-refractivity contribution is 6.30. The number of ether oxygens (including phenoxy) is 1. The Morgan fingerprint density at radius 2 is 2.22 bits per heavy atom. The van der Waals surface area contributed by atoms with E-state index in [0.717, 1.165) is 0 Å². The molecule has 4 nitrogen and oxygen atoms in total. The van der Waals surface area contributed by atoms with E-state index in [2.05, 4.69) is 0 Å². The fraction of sp³-hybridized carbons (Fsp3) is 0.385. The van der Waals surface area contributed by atoms with Crippen molar-refractivity contribution in [1.82, 2.24) is 4.90 Å². The van der Waals surface area contributed by atoms with Crippen LogP contribution in [-0.4, -0.2) is 30.5 Å². The molecule has 96 valence electrons. The van der Waals surface area contributed by atoms with Crippen molar-refractivity contribution < 1.29 is 9.53 Å². The van der Waals surface area contributed by atoms with Crippen molar-refractivity contribution in [2.75, 3.05) is 13.7 Å². The number of amides is 1. The maximum Gasteiger partial charge on any atom is 0.258 e. The van der Waals surface area contributed by atoms with E-state index in [1.807, 2.05) is 19.9 Å². The summed E-state index contributed by atoms with van der Waals surface area (Å²) in [5, 5.41) is 9.26. The highest BCUT2D eigenvalue weighted by Gasteiger charge is 2.21. The number of benzene rings is 1. The van der Waals surface area contributed by atoms with Crippen LogP contribution in [0.15, 0.2) is 18.2 Å². The third kappa shape index (κ3) is 3.14. The van der Waals surface area contributed by atoms with Gasteiger partial charge < -0.3 is 9.64 Å². The smallest absolute Gasteiger partial charge is 0.258 e. The van der Waals surface area contributed by atoms with E-state index in [1.54, 1.807) is 18.2 Å². The second-order valence-electron chi connectivity index (χ2n) is 4.03. The molecule has 0 saturated carbocycles. The quantitative estimate of drug-likeness (QED) is 0.788. The first-order valence-corrected chi connectivity index (χ1v) is 5.90. The highest BCUT2D eigenvalue weighted by Crippen LogP contribution is 2.24. The molecule has 1 aromatic carbocycles. The Hall–Kier alpha value is -1.73. The molecule has 0 spiro atoms. The molecular weight excluding hydrogens is 252 g/mol. The first kappa shape index (κ1) is 14.3. The number of nitriles is 1. The third-order valence-corrected chi connectivity index (χ3v) is 2.75. The molecule has 0 radical (unpaired) electrons. The molecule has 18 heavy (non-hydrogen) atoms. The normalized spacial score (nSPS) is 10.0. The summed E-state index contributed by atoms with van der Waals surface area (Å²) < 4.78 is 5.14. The van der Waals surface area contributed by atoms with E-state index >= 15 is 0 Å². The number of nitrogens with zero attached hydrogens (tertiary/aromatic N) is 2. The third-order valence-electron chi connectivity index (χ3n) is 2.52. The number of rotatable bonds is 4. The van der Waals surface area contributed by atoms with Crippen molar-refractivity contribution in [2.45, 2.75) is 19.9 Å². The molecule has 0 aliphatic rings. The average molecular weight is 267 g/mol. The summed E-state index contributed by atoms with van der Waals surface area (Å²) in [6.45, 7) is 3.76. The molecule has 0 unspecified atom stereocenters. The largest absolute Gasteiger partial charge is 0.496 e. The topological polar surface area (TPSA) is 53.3 Å². The van der Waals surface area contributed by atoms with Crippen LogP contribution in [0.2, 0.25) is 5.02 Å². The monoisotopic (exact) mass is 266 g/mol. The maximum absolute atomic E-state index is 12.3. The van der Waals surface area contributed by atoms with Crippen molar-refractivity contribution in [3.63, 3.8) is 0 Å². The molecule has 0 aliphatic heterocycles. The number of methoxy groups -OCH3 is 1. The lowest BCUT2D eigenvalue weighted by Gasteiger charge is -2.24. The van der Waals surface area contributed by atoms with E-state index in [-0.39, 0.29) is 18.5 Å². The molecule has 1 aromatic rings. The average Bonchev–Trinajstić information content (AvgIpc) is 2.34. The summed E-state index contributed by atoms with van der Waals surface area (Å²) in [5.41, 5.74) is 0.408. The molecule has 0 aliphatic carbocycles. The molecule has 0 N–H and O–H groups in total. The van der Waals surface area contributed by atoms with Crippen molar-refractivity contribution >= 4 is 17.5 Å². The molecule has 0 atom stereocenters. The van der Waals surface area contributed by atoms with Gasteiger partial charge in [-0.3, -0.25) is 4.79 Å². The second-order valence-corrected chi connectivity index (χ2v) is 4.47. The first-order chi connectivity index (χ1) is 8.51. The summed E-state index contributed by atoms with van der Waals surface area (Å²) in [6.07, 6.45) is 0. The number of halogens is 1. The summed E-state index contributed by atoms with van der Waals surface area (Å²) in [5.74, 6) is 0.177. The van der Waals surface area contributed by atoms with Crippen LogP contribution < -0.4 is 4.74 Å². The number of carbonyl (C=O) groups is 1. The minimum Gasteiger partial charge on any atom is -0.496 e. The summed E-state index contributed by atoms with van der Waals surface area (Å²) >= 11 is 5.85. The molecule has 0 fully saturated rings. The molecule has 0 bridgehead atoms. The summed E-state index contributed by atoms with van der Waals surface area (Å²) in [6, 6.07) is 6.75. The number of hydrogen-bond donors (Lipinski definition) is 0. The van der Waals surface area contributed by atoms with Crippen LogP contribution in [-0.2, 0) is 0 Å². The van der Waals surface area contributed by atoms with Crippen LogP contribution in [0.5, 0.6) is 5.75 Å². The number of hydrogen-bond acceptors (Lipinski definition) is 3. The van der Waals surface area contributed by atoms with Gasteiger partial charge in [-0.25, -0.2) is 0 Å². The highest BCUT2D eigenvalue weighted by atomic mass is 35.5. The minimum absolute atomic E-state index is 0.0439. The molecule has 1 rings (SSSR count). The SMILES string of the molecule is COc1cc(Cl)ccc1C(=O)N(CC#N)C(C)C. The molecule has 0 aromatic heterocycles. The molecule has 1 amide bonds.